The summed E-state index contributed by atoms with van der Waals surface area (Å²) in [4.78, 5) is 0. The molecule has 2 heteroatoms. The van der Waals surface area contributed by atoms with Crippen LogP contribution in [0.5, 0.6) is 0 Å². The summed E-state index contributed by atoms with van der Waals surface area (Å²) < 4.78 is 0. The van der Waals surface area contributed by atoms with E-state index >= 15 is 0 Å². The zero-order valence-corrected chi connectivity index (χ0v) is 8.21. The van der Waals surface area contributed by atoms with Crippen molar-refractivity contribution in [2.24, 2.45) is 11.8 Å². The first kappa shape index (κ1) is 10.0. The van der Waals surface area contributed by atoms with Crippen molar-refractivity contribution in [1.82, 2.24) is 5.32 Å². The Hall–Kier alpha value is -0.0800. The van der Waals surface area contributed by atoms with Gasteiger partial charge in [-0.3, -0.25) is 0 Å². The molecule has 72 valence electrons. The second kappa shape index (κ2) is 4.83. The van der Waals surface area contributed by atoms with E-state index in [0.717, 1.165) is 12.5 Å². The first-order chi connectivity index (χ1) is 5.74. The molecule has 0 aromatic rings. The minimum atomic E-state index is 0.266. The van der Waals surface area contributed by atoms with Crippen molar-refractivity contribution in [1.29, 1.82) is 0 Å². The summed E-state index contributed by atoms with van der Waals surface area (Å²) in [5.74, 6) is 1.53. The second-order valence-corrected chi connectivity index (χ2v) is 4.22. The Morgan fingerprint density at radius 3 is 2.50 bits per heavy atom. The van der Waals surface area contributed by atoms with Gasteiger partial charge >= 0.3 is 0 Å². The van der Waals surface area contributed by atoms with Crippen LogP contribution in [0.3, 0.4) is 0 Å². The van der Waals surface area contributed by atoms with Crippen molar-refractivity contribution in [3.63, 3.8) is 0 Å². The maximum Gasteiger partial charge on any atom is 0.0587 e. The highest BCUT2D eigenvalue weighted by molar-refractivity contribution is 4.76. The third kappa shape index (κ3) is 3.55. The van der Waals surface area contributed by atoms with Crippen LogP contribution in [-0.2, 0) is 0 Å². The molecule has 0 aliphatic heterocycles. The number of nitrogens with one attached hydrogen (secondary N) is 1. The van der Waals surface area contributed by atoms with Crippen molar-refractivity contribution < 1.29 is 5.11 Å². The fourth-order valence-corrected chi connectivity index (χ4v) is 1.39. The first-order valence-electron chi connectivity index (χ1n) is 5.08. The lowest BCUT2D eigenvalue weighted by Gasteiger charge is -2.19. The van der Waals surface area contributed by atoms with Crippen LogP contribution in [0.1, 0.15) is 33.1 Å². The summed E-state index contributed by atoms with van der Waals surface area (Å²) in [5, 5.41) is 12.4. The Labute approximate surface area is 75.4 Å². The molecular formula is C10H21NO. The molecule has 2 N–H and O–H groups in total. The van der Waals surface area contributed by atoms with Crippen LogP contribution in [0, 0.1) is 11.8 Å². The third-order valence-electron chi connectivity index (χ3n) is 2.66. The average Bonchev–Trinajstić information content (AvgIpc) is 2.80. The fraction of sp³-hybridized carbons (Fsp3) is 1.00. The molecule has 0 aromatic carbocycles. The van der Waals surface area contributed by atoms with Crippen LogP contribution in [0.15, 0.2) is 0 Å². The Balaban J connectivity index is 2.01. The van der Waals surface area contributed by atoms with Crippen molar-refractivity contribution in [3.8, 4) is 0 Å². The van der Waals surface area contributed by atoms with E-state index in [9.17, 15) is 0 Å². The third-order valence-corrected chi connectivity index (χ3v) is 2.66. The molecule has 1 saturated carbocycles. The molecule has 0 aromatic heterocycles. The monoisotopic (exact) mass is 171 g/mol. The molecule has 1 aliphatic carbocycles. The van der Waals surface area contributed by atoms with Crippen molar-refractivity contribution >= 4 is 0 Å². The zero-order valence-electron chi connectivity index (χ0n) is 8.21. The van der Waals surface area contributed by atoms with Crippen molar-refractivity contribution in [2.75, 3.05) is 13.2 Å². The van der Waals surface area contributed by atoms with E-state index in [1.807, 2.05) is 0 Å². The van der Waals surface area contributed by atoms with Gasteiger partial charge in [0.1, 0.15) is 0 Å². The minimum absolute atomic E-state index is 0.266. The van der Waals surface area contributed by atoms with Crippen molar-refractivity contribution in [2.45, 2.75) is 39.2 Å². The topological polar surface area (TPSA) is 32.3 Å². The maximum atomic E-state index is 9.01. The average molecular weight is 171 g/mol. The van der Waals surface area contributed by atoms with Gasteiger partial charge in [0.25, 0.3) is 0 Å². The highest BCUT2D eigenvalue weighted by atomic mass is 16.3. The molecule has 0 saturated heterocycles. The second-order valence-electron chi connectivity index (χ2n) is 4.22. The highest BCUT2D eigenvalue weighted by Crippen LogP contribution is 2.31. The molecule has 1 aliphatic rings. The van der Waals surface area contributed by atoms with Crippen molar-refractivity contribution in [3.05, 3.63) is 0 Å². The number of hydrogen-bond acceptors (Lipinski definition) is 2. The molecule has 1 rings (SSSR count). The van der Waals surface area contributed by atoms with Gasteiger partial charge in [-0.25, -0.2) is 0 Å². The molecule has 0 spiro atoms. The quantitative estimate of drug-likeness (QED) is 0.633. The summed E-state index contributed by atoms with van der Waals surface area (Å²) in [5.41, 5.74) is 0. The van der Waals surface area contributed by atoms with Crippen LogP contribution in [-0.4, -0.2) is 24.3 Å². The SMILES string of the molecule is CC(C)C(CO)NCCC1CC1. The van der Waals surface area contributed by atoms with E-state index in [1.54, 1.807) is 0 Å². The molecule has 1 fully saturated rings. The summed E-state index contributed by atoms with van der Waals surface area (Å²) in [6.45, 7) is 5.63. The van der Waals surface area contributed by atoms with Gasteiger partial charge in [0.15, 0.2) is 0 Å². The Kier molecular flexibility index (Phi) is 4.02. The Morgan fingerprint density at radius 2 is 2.08 bits per heavy atom. The van der Waals surface area contributed by atoms with E-state index in [0.29, 0.717) is 12.0 Å². The van der Waals surface area contributed by atoms with E-state index in [1.165, 1.54) is 19.3 Å². The number of aliphatic hydroxyl groups is 1. The molecule has 0 radical (unpaired) electrons. The van der Waals surface area contributed by atoms with Gasteiger partial charge in [-0.05, 0) is 24.8 Å². The molecule has 12 heavy (non-hydrogen) atoms. The summed E-state index contributed by atoms with van der Waals surface area (Å²) in [6.07, 6.45) is 4.14. The summed E-state index contributed by atoms with van der Waals surface area (Å²) in [6, 6.07) is 0.295. The van der Waals surface area contributed by atoms with Crippen LogP contribution in [0.2, 0.25) is 0 Å². The van der Waals surface area contributed by atoms with Gasteiger partial charge in [0.05, 0.1) is 6.61 Å². The van der Waals surface area contributed by atoms with Gasteiger partial charge in [0.2, 0.25) is 0 Å². The van der Waals surface area contributed by atoms with Crippen LogP contribution in [0.25, 0.3) is 0 Å². The highest BCUT2D eigenvalue weighted by Gasteiger charge is 2.21. The molecule has 1 unspecified atom stereocenters. The van der Waals surface area contributed by atoms with Gasteiger partial charge in [0, 0.05) is 6.04 Å². The minimum Gasteiger partial charge on any atom is -0.395 e. The smallest absolute Gasteiger partial charge is 0.0587 e. The predicted molar refractivity (Wildman–Crippen MR) is 51.1 cm³/mol. The van der Waals surface area contributed by atoms with Gasteiger partial charge < -0.3 is 10.4 Å². The normalized spacial score (nSPS) is 20.0. The summed E-state index contributed by atoms with van der Waals surface area (Å²) >= 11 is 0. The van der Waals surface area contributed by atoms with E-state index in [-0.39, 0.29) is 6.61 Å². The lowest BCUT2D eigenvalue weighted by molar-refractivity contribution is 0.210. The number of aliphatic hydroxyl groups excluding tert-OH is 1. The fourth-order valence-electron chi connectivity index (χ4n) is 1.39. The van der Waals surface area contributed by atoms with E-state index in [2.05, 4.69) is 19.2 Å². The zero-order chi connectivity index (χ0) is 8.97. The van der Waals surface area contributed by atoms with Crippen LogP contribution in [0.4, 0.5) is 0 Å². The molecular weight excluding hydrogens is 150 g/mol. The molecule has 2 nitrogen and oxygen atoms in total. The number of rotatable bonds is 6. The molecule has 1 atom stereocenters. The maximum absolute atomic E-state index is 9.01. The molecule has 0 bridgehead atoms. The van der Waals surface area contributed by atoms with E-state index in [4.69, 9.17) is 5.11 Å². The number of hydrogen-bond donors (Lipinski definition) is 2. The Bertz CT molecular complexity index is 121. The van der Waals surface area contributed by atoms with Gasteiger partial charge in [-0.15, -0.1) is 0 Å². The van der Waals surface area contributed by atoms with Gasteiger partial charge in [-0.2, -0.15) is 0 Å². The lowest BCUT2D eigenvalue weighted by atomic mass is 10.1. The molecule has 0 amide bonds. The lowest BCUT2D eigenvalue weighted by Crippen LogP contribution is -2.37. The summed E-state index contributed by atoms with van der Waals surface area (Å²) in [7, 11) is 0. The standard InChI is InChI=1S/C10H21NO/c1-8(2)10(7-12)11-6-5-9-3-4-9/h8-12H,3-7H2,1-2H3. The van der Waals surface area contributed by atoms with Gasteiger partial charge in [-0.1, -0.05) is 26.7 Å². The largest absolute Gasteiger partial charge is 0.395 e. The van der Waals surface area contributed by atoms with E-state index < -0.39 is 0 Å². The van der Waals surface area contributed by atoms with Crippen LogP contribution < -0.4 is 5.32 Å². The Morgan fingerprint density at radius 1 is 1.42 bits per heavy atom. The predicted octanol–water partition coefficient (Wildman–Crippen LogP) is 1.39. The van der Waals surface area contributed by atoms with Crippen LogP contribution >= 0.6 is 0 Å². The first-order valence-corrected chi connectivity index (χ1v) is 5.08. The molecule has 0 heterocycles.